The first-order valence-electron chi connectivity index (χ1n) is 6.28. The fraction of sp³-hybridized carbons (Fsp3) is 0.500. The maximum Gasteiger partial charge on any atom is 0.314 e. The van der Waals surface area contributed by atoms with Gasteiger partial charge < -0.3 is 10.6 Å². The summed E-state index contributed by atoms with van der Waals surface area (Å²) in [6.45, 7) is 0.689. The Kier molecular flexibility index (Phi) is 3.67. The molecule has 1 aromatic carbocycles. The highest BCUT2D eigenvalue weighted by molar-refractivity contribution is 5.71. The van der Waals surface area contributed by atoms with Gasteiger partial charge in [-0.15, -0.1) is 0 Å². The smallest absolute Gasteiger partial charge is 0.314 e. The fourth-order valence-corrected chi connectivity index (χ4v) is 2.35. The third-order valence-electron chi connectivity index (χ3n) is 3.53. The van der Waals surface area contributed by atoms with Gasteiger partial charge in [-0.3, -0.25) is 0 Å². The zero-order valence-electron chi connectivity index (χ0n) is 10.4. The second-order valence-electron chi connectivity index (χ2n) is 4.82. The first kappa shape index (κ1) is 12.0. The number of nitrogens with two attached hydrogens (primary N) is 1. The van der Waals surface area contributed by atoms with E-state index in [4.69, 9.17) is 5.73 Å². The summed E-state index contributed by atoms with van der Waals surface area (Å²) < 4.78 is 0. The first-order chi connectivity index (χ1) is 8.16. The first-order valence-corrected chi connectivity index (χ1v) is 6.28. The molecule has 3 heteroatoms. The van der Waals surface area contributed by atoms with E-state index in [1.165, 1.54) is 42.4 Å². The Morgan fingerprint density at radius 2 is 2.00 bits per heavy atom. The minimum atomic E-state index is -0.358. The molecular weight excluding hydrogens is 212 g/mol. The number of urea groups is 1. The van der Waals surface area contributed by atoms with E-state index in [2.05, 4.69) is 18.2 Å². The van der Waals surface area contributed by atoms with Crippen molar-refractivity contribution in [1.29, 1.82) is 0 Å². The molecule has 0 radical (unpaired) electrons. The average molecular weight is 232 g/mol. The number of likely N-dealkylation sites (N-methyl/N-ethyl adjacent to an activating group) is 1. The van der Waals surface area contributed by atoms with Gasteiger partial charge in [0.15, 0.2) is 0 Å². The molecule has 2 amide bonds. The van der Waals surface area contributed by atoms with Crippen LogP contribution in [0.1, 0.15) is 29.5 Å². The minimum Gasteiger partial charge on any atom is -0.351 e. The number of carbonyl (C=O) groups is 1. The van der Waals surface area contributed by atoms with E-state index < -0.39 is 0 Å². The standard InChI is InChI=1S/C14H20N2O/c1-16(14(15)17)9-8-11-6-7-12-4-2-3-5-13(12)10-11/h6-7,10H,2-5,8-9H2,1H3,(H2,15,17). The van der Waals surface area contributed by atoms with E-state index >= 15 is 0 Å². The molecule has 0 aliphatic heterocycles. The van der Waals surface area contributed by atoms with Crippen LogP contribution >= 0.6 is 0 Å². The van der Waals surface area contributed by atoms with E-state index in [0.717, 1.165) is 6.42 Å². The molecule has 0 saturated heterocycles. The molecule has 92 valence electrons. The van der Waals surface area contributed by atoms with Crippen molar-refractivity contribution < 1.29 is 4.79 Å². The summed E-state index contributed by atoms with van der Waals surface area (Å²) in [6, 6.07) is 6.36. The molecule has 0 unspecified atom stereocenters. The molecule has 2 N–H and O–H groups in total. The summed E-state index contributed by atoms with van der Waals surface area (Å²) in [5.74, 6) is 0. The number of hydrogen-bond donors (Lipinski definition) is 1. The summed E-state index contributed by atoms with van der Waals surface area (Å²) >= 11 is 0. The third kappa shape index (κ3) is 2.99. The Balaban J connectivity index is 2.00. The third-order valence-corrected chi connectivity index (χ3v) is 3.53. The highest BCUT2D eigenvalue weighted by Crippen LogP contribution is 2.22. The van der Waals surface area contributed by atoms with Gasteiger partial charge in [0.25, 0.3) is 0 Å². The van der Waals surface area contributed by atoms with Crippen LogP contribution in [-0.4, -0.2) is 24.5 Å². The van der Waals surface area contributed by atoms with Crippen LogP contribution in [0, 0.1) is 0 Å². The number of fused-ring (bicyclic) bond motifs is 1. The van der Waals surface area contributed by atoms with Crippen LogP contribution in [0.4, 0.5) is 4.79 Å². The van der Waals surface area contributed by atoms with Crippen molar-refractivity contribution in [3.05, 3.63) is 34.9 Å². The van der Waals surface area contributed by atoms with Crippen molar-refractivity contribution in [2.24, 2.45) is 5.73 Å². The van der Waals surface area contributed by atoms with Crippen LogP contribution in [0.15, 0.2) is 18.2 Å². The Morgan fingerprint density at radius 3 is 2.71 bits per heavy atom. The van der Waals surface area contributed by atoms with E-state index in [1.54, 1.807) is 11.9 Å². The predicted molar refractivity (Wildman–Crippen MR) is 69.0 cm³/mol. The van der Waals surface area contributed by atoms with Crippen LogP contribution in [0.25, 0.3) is 0 Å². The number of carbonyl (C=O) groups excluding carboxylic acids is 1. The summed E-state index contributed by atoms with van der Waals surface area (Å²) in [7, 11) is 1.74. The van der Waals surface area contributed by atoms with Gasteiger partial charge in [0.05, 0.1) is 0 Å². The van der Waals surface area contributed by atoms with Gasteiger partial charge in [0.1, 0.15) is 0 Å². The lowest BCUT2D eigenvalue weighted by Gasteiger charge is -2.18. The number of hydrogen-bond acceptors (Lipinski definition) is 1. The van der Waals surface area contributed by atoms with Gasteiger partial charge in [-0.05, 0) is 48.8 Å². The highest BCUT2D eigenvalue weighted by atomic mass is 16.2. The van der Waals surface area contributed by atoms with Crippen LogP contribution in [-0.2, 0) is 19.3 Å². The Morgan fingerprint density at radius 1 is 1.29 bits per heavy atom. The van der Waals surface area contributed by atoms with Gasteiger partial charge in [-0.2, -0.15) is 0 Å². The van der Waals surface area contributed by atoms with Gasteiger partial charge in [0, 0.05) is 13.6 Å². The predicted octanol–water partition coefficient (Wildman–Crippen LogP) is 2.12. The van der Waals surface area contributed by atoms with Crippen LogP contribution in [0.5, 0.6) is 0 Å². The van der Waals surface area contributed by atoms with Gasteiger partial charge in [0.2, 0.25) is 0 Å². The number of primary amides is 1. The van der Waals surface area contributed by atoms with E-state index in [0.29, 0.717) is 6.54 Å². The Labute approximate surface area is 103 Å². The number of aryl methyl sites for hydroxylation is 2. The molecule has 1 aliphatic carbocycles. The SMILES string of the molecule is CN(CCc1ccc2c(c1)CCCC2)C(N)=O. The van der Waals surface area contributed by atoms with Crippen molar-refractivity contribution in [1.82, 2.24) is 4.90 Å². The summed E-state index contributed by atoms with van der Waals surface area (Å²) in [6.07, 6.45) is 5.92. The minimum absolute atomic E-state index is 0.358. The number of rotatable bonds is 3. The summed E-state index contributed by atoms with van der Waals surface area (Å²) in [5.41, 5.74) is 9.50. The van der Waals surface area contributed by atoms with Gasteiger partial charge >= 0.3 is 6.03 Å². The molecule has 1 aliphatic rings. The van der Waals surface area contributed by atoms with Crippen LogP contribution in [0.2, 0.25) is 0 Å². The summed E-state index contributed by atoms with van der Waals surface area (Å²) in [4.78, 5) is 12.5. The molecule has 1 aromatic rings. The van der Waals surface area contributed by atoms with E-state index in [9.17, 15) is 4.79 Å². The molecular formula is C14H20N2O. The zero-order valence-corrected chi connectivity index (χ0v) is 10.4. The molecule has 0 aromatic heterocycles. The number of amides is 2. The fourth-order valence-electron chi connectivity index (χ4n) is 2.35. The van der Waals surface area contributed by atoms with Crippen LogP contribution in [0.3, 0.4) is 0 Å². The lowest BCUT2D eigenvalue weighted by Crippen LogP contribution is -2.33. The van der Waals surface area contributed by atoms with Crippen molar-refractivity contribution in [3.8, 4) is 0 Å². The van der Waals surface area contributed by atoms with E-state index in [1.807, 2.05) is 0 Å². The molecule has 0 fully saturated rings. The molecule has 2 rings (SSSR count). The number of benzene rings is 1. The van der Waals surface area contributed by atoms with Crippen molar-refractivity contribution in [2.45, 2.75) is 32.1 Å². The Bertz CT molecular complexity index is 415. The van der Waals surface area contributed by atoms with Crippen molar-refractivity contribution in [3.63, 3.8) is 0 Å². The lowest BCUT2D eigenvalue weighted by atomic mass is 9.90. The van der Waals surface area contributed by atoms with Gasteiger partial charge in [-0.1, -0.05) is 18.2 Å². The van der Waals surface area contributed by atoms with Gasteiger partial charge in [-0.25, -0.2) is 4.79 Å². The number of nitrogens with zero attached hydrogens (tertiary/aromatic N) is 1. The molecule has 0 heterocycles. The second kappa shape index (κ2) is 5.21. The lowest BCUT2D eigenvalue weighted by molar-refractivity contribution is 0.219. The molecule has 17 heavy (non-hydrogen) atoms. The molecule has 0 atom stereocenters. The summed E-state index contributed by atoms with van der Waals surface area (Å²) in [5, 5.41) is 0. The maximum atomic E-state index is 10.9. The molecule has 3 nitrogen and oxygen atoms in total. The highest BCUT2D eigenvalue weighted by Gasteiger charge is 2.10. The Hall–Kier alpha value is -1.51. The van der Waals surface area contributed by atoms with Crippen LogP contribution < -0.4 is 5.73 Å². The molecule has 0 spiro atoms. The monoisotopic (exact) mass is 232 g/mol. The zero-order chi connectivity index (χ0) is 12.3. The average Bonchev–Trinajstić information content (AvgIpc) is 2.35. The maximum absolute atomic E-state index is 10.9. The van der Waals surface area contributed by atoms with Crippen molar-refractivity contribution >= 4 is 6.03 Å². The normalized spacial score (nSPS) is 14.2. The topological polar surface area (TPSA) is 46.3 Å². The second-order valence-corrected chi connectivity index (χ2v) is 4.82. The molecule has 0 bridgehead atoms. The quantitative estimate of drug-likeness (QED) is 0.852. The van der Waals surface area contributed by atoms with E-state index in [-0.39, 0.29) is 6.03 Å². The largest absolute Gasteiger partial charge is 0.351 e. The molecule has 0 saturated carbocycles. The van der Waals surface area contributed by atoms with Crippen molar-refractivity contribution in [2.75, 3.05) is 13.6 Å².